The molecule has 1 aromatic heterocycles. The van der Waals surface area contributed by atoms with Crippen molar-refractivity contribution < 1.29 is 0 Å². The van der Waals surface area contributed by atoms with E-state index in [2.05, 4.69) is 27.9 Å². The number of hydrogen-bond acceptors (Lipinski definition) is 3. The summed E-state index contributed by atoms with van der Waals surface area (Å²) < 4.78 is 0. The highest BCUT2D eigenvalue weighted by Gasteiger charge is 2.17. The molecule has 1 fully saturated rings. The second kappa shape index (κ2) is 6.59. The first kappa shape index (κ1) is 14.6. The zero-order chi connectivity index (χ0) is 14.5. The van der Waals surface area contributed by atoms with Crippen molar-refractivity contribution in [2.75, 3.05) is 32.1 Å². The monoisotopic (exact) mass is 275 g/mol. The van der Waals surface area contributed by atoms with Gasteiger partial charge < -0.3 is 15.5 Å². The molecule has 1 atom stereocenters. The van der Waals surface area contributed by atoms with Gasteiger partial charge in [0.25, 0.3) is 0 Å². The molecule has 0 aromatic carbocycles. The number of piperidine rings is 1. The van der Waals surface area contributed by atoms with Crippen molar-refractivity contribution in [2.45, 2.75) is 26.3 Å². The van der Waals surface area contributed by atoms with Gasteiger partial charge in [-0.05, 0) is 36.5 Å². The van der Waals surface area contributed by atoms with Gasteiger partial charge in [0, 0.05) is 33.4 Å². The van der Waals surface area contributed by atoms with Crippen LogP contribution in [0.1, 0.15) is 25.3 Å². The number of hydrogen-bond donors (Lipinski definition) is 1. The smallest absolute Gasteiger partial charge is 0.191 e. The highest BCUT2D eigenvalue weighted by Crippen LogP contribution is 2.15. The maximum atomic E-state index is 6.11. The third kappa shape index (κ3) is 3.85. The van der Waals surface area contributed by atoms with Crippen LogP contribution in [0.5, 0.6) is 0 Å². The van der Waals surface area contributed by atoms with Crippen molar-refractivity contribution >= 4 is 11.8 Å². The SMILES string of the molecule is CC1CCCN(C(N)=NCc2ccnc(N(C)C)c2)C1. The van der Waals surface area contributed by atoms with E-state index in [4.69, 9.17) is 5.73 Å². The molecule has 0 radical (unpaired) electrons. The molecular weight excluding hydrogens is 250 g/mol. The van der Waals surface area contributed by atoms with E-state index in [1.807, 2.05) is 31.3 Å². The quantitative estimate of drug-likeness (QED) is 0.674. The van der Waals surface area contributed by atoms with Crippen molar-refractivity contribution in [1.29, 1.82) is 0 Å². The van der Waals surface area contributed by atoms with Crippen LogP contribution in [0.2, 0.25) is 0 Å². The fraction of sp³-hybridized carbons (Fsp3) is 0.600. The molecule has 2 rings (SSSR count). The molecule has 1 unspecified atom stereocenters. The van der Waals surface area contributed by atoms with Gasteiger partial charge in [-0.15, -0.1) is 0 Å². The normalized spacial score (nSPS) is 20.1. The van der Waals surface area contributed by atoms with Crippen LogP contribution in [-0.2, 0) is 6.54 Å². The van der Waals surface area contributed by atoms with Crippen LogP contribution in [0.15, 0.2) is 23.3 Å². The molecule has 1 aliphatic rings. The van der Waals surface area contributed by atoms with Gasteiger partial charge in [-0.2, -0.15) is 0 Å². The van der Waals surface area contributed by atoms with E-state index in [0.717, 1.165) is 24.5 Å². The van der Waals surface area contributed by atoms with E-state index in [9.17, 15) is 0 Å². The summed E-state index contributed by atoms with van der Waals surface area (Å²) in [6.07, 6.45) is 4.32. The van der Waals surface area contributed by atoms with Gasteiger partial charge in [-0.1, -0.05) is 6.92 Å². The van der Waals surface area contributed by atoms with Crippen molar-refractivity contribution in [3.05, 3.63) is 23.9 Å². The summed E-state index contributed by atoms with van der Waals surface area (Å²) in [4.78, 5) is 13.0. The largest absolute Gasteiger partial charge is 0.370 e. The summed E-state index contributed by atoms with van der Waals surface area (Å²) in [5.74, 6) is 2.32. The van der Waals surface area contributed by atoms with E-state index >= 15 is 0 Å². The Hall–Kier alpha value is -1.78. The summed E-state index contributed by atoms with van der Waals surface area (Å²) in [5.41, 5.74) is 7.24. The van der Waals surface area contributed by atoms with Crippen molar-refractivity contribution in [3.63, 3.8) is 0 Å². The molecule has 0 aliphatic carbocycles. The molecular formula is C15H25N5. The number of aromatic nitrogens is 1. The number of anilines is 1. The molecule has 1 aromatic rings. The molecule has 20 heavy (non-hydrogen) atoms. The van der Waals surface area contributed by atoms with Gasteiger partial charge in [0.2, 0.25) is 0 Å². The summed E-state index contributed by atoms with van der Waals surface area (Å²) in [6, 6.07) is 4.04. The Balaban J connectivity index is 1.99. The lowest BCUT2D eigenvalue weighted by Crippen LogP contribution is -2.43. The first-order valence-electron chi connectivity index (χ1n) is 7.23. The third-order valence-corrected chi connectivity index (χ3v) is 3.67. The van der Waals surface area contributed by atoms with Gasteiger partial charge >= 0.3 is 0 Å². The van der Waals surface area contributed by atoms with Crippen LogP contribution in [-0.4, -0.2) is 43.0 Å². The van der Waals surface area contributed by atoms with E-state index in [1.165, 1.54) is 12.8 Å². The topological polar surface area (TPSA) is 57.8 Å². The van der Waals surface area contributed by atoms with Crippen molar-refractivity contribution in [2.24, 2.45) is 16.6 Å². The molecule has 5 heteroatoms. The van der Waals surface area contributed by atoms with Crippen LogP contribution in [0.3, 0.4) is 0 Å². The van der Waals surface area contributed by atoms with Gasteiger partial charge in [0.1, 0.15) is 5.82 Å². The minimum Gasteiger partial charge on any atom is -0.370 e. The zero-order valence-electron chi connectivity index (χ0n) is 12.7. The summed E-state index contributed by atoms with van der Waals surface area (Å²) in [6.45, 7) is 4.93. The van der Waals surface area contributed by atoms with Gasteiger partial charge in [-0.25, -0.2) is 9.98 Å². The van der Waals surface area contributed by atoms with Crippen molar-refractivity contribution in [1.82, 2.24) is 9.88 Å². The first-order chi connectivity index (χ1) is 9.56. The fourth-order valence-electron chi connectivity index (χ4n) is 2.47. The molecule has 0 bridgehead atoms. The number of pyridine rings is 1. The Morgan fingerprint density at radius 1 is 1.55 bits per heavy atom. The number of likely N-dealkylation sites (tertiary alicyclic amines) is 1. The molecule has 110 valence electrons. The number of nitrogens with zero attached hydrogens (tertiary/aromatic N) is 4. The van der Waals surface area contributed by atoms with Crippen LogP contribution in [0, 0.1) is 5.92 Å². The molecule has 0 spiro atoms. The van der Waals surface area contributed by atoms with Crippen LogP contribution in [0.25, 0.3) is 0 Å². The lowest BCUT2D eigenvalue weighted by molar-refractivity contribution is 0.270. The standard InChI is InChI=1S/C15H25N5/c1-12-5-4-8-20(11-12)15(16)18-10-13-6-7-17-14(9-13)19(2)3/h6-7,9,12H,4-5,8,10-11H2,1-3H3,(H2,16,18). The maximum Gasteiger partial charge on any atom is 0.191 e. The van der Waals surface area contributed by atoms with E-state index in [0.29, 0.717) is 18.4 Å². The molecule has 2 heterocycles. The molecule has 0 amide bonds. The van der Waals surface area contributed by atoms with Gasteiger partial charge in [0.05, 0.1) is 6.54 Å². The number of nitrogens with two attached hydrogens (primary N) is 1. The Kier molecular flexibility index (Phi) is 4.82. The number of aliphatic imine (C=N–C) groups is 1. The highest BCUT2D eigenvalue weighted by molar-refractivity contribution is 5.78. The minimum absolute atomic E-state index is 0.611. The summed E-state index contributed by atoms with van der Waals surface area (Å²) in [7, 11) is 3.97. The Labute approximate surface area is 121 Å². The average molecular weight is 275 g/mol. The summed E-state index contributed by atoms with van der Waals surface area (Å²) in [5, 5.41) is 0. The van der Waals surface area contributed by atoms with Crippen LogP contribution < -0.4 is 10.6 Å². The maximum absolute atomic E-state index is 6.11. The lowest BCUT2D eigenvalue weighted by atomic mass is 10.0. The van der Waals surface area contributed by atoms with E-state index in [-0.39, 0.29) is 0 Å². The number of rotatable bonds is 3. The molecule has 5 nitrogen and oxygen atoms in total. The minimum atomic E-state index is 0.611. The van der Waals surface area contributed by atoms with E-state index < -0.39 is 0 Å². The average Bonchev–Trinajstić information content (AvgIpc) is 2.45. The molecule has 1 saturated heterocycles. The second-order valence-corrected chi connectivity index (χ2v) is 5.78. The van der Waals surface area contributed by atoms with Crippen molar-refractivity contribution in [3.8, 4) is 0 Å². The van der Waals surface area contributed by atoms with Crippen LogP contribution in [0.4, 0.5) is 5.82 Å². The number of guanidine groups is 1. The highest BCUT2D eigenvalue weighted by atomic mass is 15.3. The third-order valence-electron chi connectivity index (χ3n) is 3.67. The zero-order valence-corrected chi connectivity index (χ0v) is 12.7. The fourth-order valence-corrected chi connectivity index (χ4v) is 2.47. The van der Waals surface area contributed by atoms with Crippen LogP contribution >= 0.6 is 0 Å². The Bertz CT molecular complexity index is 469. The predicted octanol–water partition coefficient (Wildman–Crippen LogP) is 1.69. The summed E-state index contributed by atoms with van der Waals surface area (Å²) >= 11 is 0. The Morgan fingerprint density at radius 2 is 2.35 bits per heavy atom. The molecule has 1 aliphatic heterocycles. The van der Waals surface area contributed by atoms with Gasteiger partial charge in [0.15, 0.2) is 5.96 Å². The Morgan fingerprint density at radius 3 is 3.05 bits per heavy atom. The first-order valence-corrected chi connectivity index (χ1v) is 7.23. The second-order valence-electron chi connectivity index (χ2n) is 5.78. The lowest BCUT2D eigenvalue weighted by Gasteiger charge is -2.31. The van der Waals surface area contributed by atoms with Gasteiger partial charge in [-0.3, -0.25) is 0 Å². The molecule has 0 saturated carbocycles. The van der Waals surface area contributed by atoms with E-state index in [1.54, 1.807) is 0 Å². The predicted molar refractivity (Wildman–Crippen MR) is 83.9 cm³/mol. The molecule has 2 N–H and O–H groups in total.